The number of allylic oxidation sites excluding steroid dienone is 1. The molecule has 0 bridgehead atoms. The highest BCUT2D eigenvalue weighted by molar-refractivity contribution is 7.91. The Hall–Kier alpha value is -4.47. The average molecular weight is 800 g/mol. The quantitative estimate of drug-likeness (QED) is 0.311. The number of benzene rings is 1. The first-order valence-electron chi connectivity index (χ1n) is 19.4. The van der Waals surface area contributed by atoms with E-state index in [-0.39, 0.29) is 43.0 Å². The number of fused-ring (bicyclic) bond motifs is 3. The van der Waals surface area contributed by atoms with E-state index in [1.807, 2.05) is 19.1 Å². The van der Waals surface area contributed by atoms with Crippen molar-refractivity contribution in [3.05, 3.63) is 42.2 Å². The van der Waals surface area contributed by atoms with Crippen LogP contribution in [0.2, 0.25) is 0 Å². The lowest BCUT2D eigenvalue weighted by atomic mass is 9.85. The molecule has 4 amide bonds. The first-order chi connectivity index (χ1) is 26.3. The molecule has 7 atom stereocenters. The topological polar surface area (TPSA) is 182 Å². The number of hydrogen-bond donors (Lipinski definition) is 3. The van der Waals surface area contributed by atoms with Crippen LogP contribution in [0.5, 0.6) is 11.8 Å². The molecule has 1 aromatic carbocycles. The van der Waals surface area contributed by atoms with E-state index < -0.39 is 79.6 Å². The number of alkyl carbamates (subject to hydrolysis) is 1. The van der Waals surface area contributed by atoms with Gasteiger partial charge in [0.25, 0.3) is 5.91 Å². The van der Waals surface area contributed by atoms with Crippen molar-refractivity contribution in [2.75, 3.05) is 13.7 Å². The van der Waals surface area contributed by atoms with Gasteiger partial charge >= 0.3 is 6.09 Å². The van der Waals surface area contributed by atoms with Crippen molar-refractivity contribution < 1.29 is 46.2 Å². The SMILES string of the molecule is CC[C@@H]1C[C@H](C)CC/C=C\[C@@H]2C[C@@]2(C(=O)NS(=O)(=O)C2(C)CC2)NC(=O)[C@@H]2C[C@@H](Oc3nc(OC)cc4cc(F)ccc34)CN2C(=O)[C@H]1NC(=O)OC(C)(C)C. The number of pyridine rings is 1. The average Bonchev–Trinajstić information content (AvgIpc) is 4.00. The number of nitrogens with one attached hydrogen (secondary N) is 3. The molecule has 4 aliphatic rings. The molecule has 306 valence electrons. The molecule has 3 fully saturated rings. The lowest BCUT2D eigenvalue weighted by Gasteiger charge is -2.34. The molecular weight excluding hydrogens is 746 g/mol. The van der Waals surface area contributed by atoms with E-state index >= 15 is 0 Å². The van der Waals surface area contributed by atoms with Gasteiger partial charge in [0.2, 0.25) is 33.6 Å². The number of methoxy groups -OCH3 is 1. The van der Waals surface area contributed by atoms with E-state index in [4.69, 9.17) is 14.2 Å². The lowest BCUT2D eigenvalue weighted by Crippen LogP contribution is -2.59. The predicted molar refractivity (Wildman–Crippen MR) is 206 cm³/mol. The van der Waals surface area contributed by atoms with E-state index in [1.165, 1.54) is 30.2 Å². The third kappa shape index (κ3) is 8.74. The largest absolute Gasteiger partial charge is 0.481 e. The molecule has 2 aliphatic carbocycles. The molecule has 14 nitrogen and oxygen atoms in total. The van der Waals surface area contributed by atoms with Gasteiger partial charge in [0.15, 0.2) is 0 Å². The van der Waals surface area contributed by atoms with Crippen LogP contribution in [0.3, 0.4) is 0 Å². The van der Waals surface area contributed by atoms with Gasteiger partial charge in [-0.3, -0.25) is 19.1 Å². The van der Waals surface area contributed by atoms with Crippen LogP contribution in [-0.2, 0) is 29.1 Å². The Kier molecular flexibility index (Phi) is 11.4. The van der Waals surface area contributed by atoms with Gasteiger partial charge in [0, 0.05) is 23.8 Å². The third-order valence-electron chi connectivity index (χ3n) is 11.5. The highest BCUT2D eigenvalue weighted by atomic mass is 32.2. The number of aromatic nitrogens is 1. The highest BCUT2D eigenvalue weighted by Gasteiger charge is 2.63. The summed E-state index contributed by atoms with van der Waals surface area (Å²) in [6.07, 6.45) is 5.69. The van der Waals surface area contributed by atoms with Gasteiger partial charge in [-0.05, 0) is 102 Å². The van der Waals surface area contributed by atoms with Gasteiger partial charge in [0.1, 0.15) is 35.1 Å². The van der Waals surface area contributed by atoms with Crippen LogP contribution < -0.4 is 24.8 Å². The number of halogens is 1. The van der Waals surface area contributed by atoms with Crippen LogP contribution in [0.15, 0.2) is 36.4 Å². The van der Waals surface area contributed by atoms with Crippen LogP contribution in [0, 0.1) is 23.6 Å². The summed E-state index contributed by atoms with van der Waals surface area (Å²) in [6.45, 7) is 10.6. The van der Waals surface area contributed by atoms with Gasteiger partial charge in [0.05, 0.1) is 18.4 Å². The van der Waals surface area contributed by atoms with Crippen LogP contribution >= 0.6 is 0 Å². The molecule has 6 rings (SSSR count). The van der Waals surface area contributed by atoms with Crippen molar-refractivity contribution in [1.82, 2.24) is 25.2 Å². The second-order valence-corrected chi connectivity index (χ2v) is 19.3. The zero-order valence-corrected chi connectivity index (χ0v) is 34.0. The van der Waals surface area contributed by atoms with E-state index in [2.05, 4.69) is 27.3 Å². The molecule has 1 aromatic heterocycles. The smallest absolute Gasteiger partial charge is 0.408 e. The van der Waals surface area contributed by atoms with Crippen molar-refractivity contribution >= 4 is 44.6 Å². The summed E-state index contributed by atoms with van der Waals surface area (Å²) in [5, 5.41) is 6.65. The molecule has 3 N–H and O–H groups in total. The zero-order valence-electron chi connectivity index (χ0n) is 33.1. The molecule has 0 unspecified atom stereocenters. The Morgan fingerprint density at radius 1 is 1.14 bits per heavy atom. The predicted octanol–water partition coefficient (Wildman–Crippen LogP) is 4.90. The number of rotatable bonds is 8. The summed E-state index contributed by atoms with van der Waals surface area (Å²) in [7, 11) is -2.61. The van der Waals surface area contributed by atoms with Gasteiger partial charge in [-0.2, -0.15) is 4.98 Å². The van der Waals surface area contributed by atoms with E-state index in [9.17, 15) is 32.0 Å². The van der Waals surface area contributed by atoms with Crippen LogP contribution in [0.1, 0.15) is 92.9 Å². The summed E-state index contributed by atoms with van der Waals surface area (Å²) in [6, 6.07) is 3.39. The second-order valence-electron chi connectivity index (χ2n) is 17.1. The van der Waals surface area contributed by atoms with E-state index in [0.717, 1.165) is 6.42 Å². The van der Waals surface area contributed by atoms with Gasteiger partial charge in [-0.15, -0.1) is 0 Å². The molecule has 16 heteroatoms. The normalized spacial score (nSPS) is 29.8. The number of nitrogens with zero attached hydrogens (tertiary/aromatic N) is 2. The fourth-order valence-electron chi connectivity index (χ4n) is 7.78. The first kappa shape index (κ1) is 41.2. The zero-order chi connectivity index (χ0) is 40.8. The summed E-state index contributed by atoms with van der Waals surface area (Å²) >= 11 is 0. The summed E-state index contributed by atoms with van der Waals surface area (Å²) < 4.78 is 59.2. The minimum absolute atomic E-state index is 0.0416. The fourth-order valence-corrected chi connectivity index (χ4v) is 9.09. The number of carbonyl (C=O) groups excluding carboxylic acids is 4. The fraction of sp³-hybridized carbons (Fsp3) is 0.625. The monoisotopic (exact) mass is 799 g/mol. The van der Waals surface area contributed by atoms with E-state index in [1.54, 1.807) is 33.8 Å². The van der Waals surface area contributed by atoms with Crippen molar-refractivity contribution in [3.8, 4) is 11.8 Å². The Morgan fingerprint density at radius 2 is 1.88 bits per heavy atom. The molecule has 2 aliphatic heterocycles. The number of sulfonamides is 1. The van der Waals surface area contributed by atoms with E-state index in [0.29, 0.717) is 42.9 Å². The maximum Gasteiger partial charge on any atom is 0.408 e. The number of carbonyl (C=O) groups is 4. The Labute approximate surface area is 327 Å². The molecule has 56 heavy (non-hydrogen) atoms. The summed E-state index contributed by atoms with van der Waals surface area (Å²) in [4.78, 5) is 62.5. The first-order valence-corrected chi connectivity index (χ1v) is 20.9. The van der Waals surface area contributed by atoms with Crippen molar-refractivity contribution in [2.24, 2.45) is 17.8 Å². The Morgan fingerprint density at radius 3 is 2.54 bits per heavy atom. The molecule has 2 aromatic rings. The van der Waals surface area contributed by atoms with Crippen molar-refractivity contribution in [1.29, 1.82) is 0 Å². The Balaban J connectivity index is 1.38. The molecule has 0 spiro atoms. The third-order valence-corrected chi connectivity index (χ3v) is 13.7. The number of ether oxygens (including phenoxy) is 3. The van der Waals surface area contributed by atoms with Crippen molar-refractivity contribution in [3.63, 3.8) is 0 Å². The van der Waals surface area contributed by atoms with Crippen LogP contribution in [0.25, 0.3) is 10.8 Å². The molecule has 0 radical (unpaired) electrons. The van der Waals surface area contributed by atoms with Gasteiger partial charge in [-0.1, -0.05) is 32.4 Å². The summed E-state index contributed by atoms with van der Waals surface area (Å²) in [5.74, 6) is -2.93. The number of hydrogen-bond acceptors (Lipinski definition) is 10. The maximum atomic E-state index is 14.9. The second kappa shape index (κ2) is 15.5. The number of amides is 4. The minimum atomic E-state index is -4.03. The molecule has 3 heterocycles. The molecule has 1 saturated heterocycles. The highest BCUT2D eigenvalue weighted by Crippen LogP contribution is 2.47. The minimum Gasteiger partial charge on any atom is -0.481 e. The standard InChI is InChI=1S/C40H54FN5O9S/c1-8-24-17-23(2)11-9-10-12-26-21-40(26,36(49)45-56(51,52)39(6)15-16-39)44-33(47)30-20-28(22-46(30)35(48)32(24)43-37(50)55-38(3,4)5)54-34-29-14-13-27(41)18-25(29)19-31(42-34)53-7/h10,12-14,18-19,23-24,26,28,30,32H,8-9,11,15-17,20-22H2,1-7H3,(H,43,50)(H,44,47)(H,45,49)/b12-10-/t23-,24-,26-,28-,30+,32+,40-/m1/s1. The van der Waals surface area contributed by atoms with Crippen LogP contribution in [-0.4, -0.2) is 89.8 Å². The van der Waals surface area contributed by atoms with Gasteiger partial charge in [-0.25, -0.2) is 17.6 Å². The van der Waals surface area contributed by atoms with Gasteiger partial charge < -0.3 is 29.7 Å². The Bertz CT molecular complexity index is 2020. The maximum absolute atomic E-state index is 14.9. The molecular formula is C40H54FN5O9S. The molecule has 2 saturated carbocycles. The summed E-state index contributed by atoms with van der Waals surface area (Å²) in [5.41, 5.74) is -2.42. The van der Waals surface area contributed by atoms with Crippen molar-refractivity contribution in [2.45, 2.75) is 127 Å². The lowest BCUT2D eigenvalue weighted by molar-refractivity contribution is -0.142. The van der Waals surface area contributed by atoms with Crippen LogP contribution in [0.4, 0.5) is 9.18 Å².